The van der Waals surface area contributed by atoms with Gasteiger partial charge >= 0.3 is 0 Å². The highest BCUT2D eigenvalue weighted by Crippen LogP contribution is 2.21. The Labute approximate surface area is 140 Å². The molecule has 0 saturated heterocycles. The van der Waals surface area contributed by atoms with E-state index in [1.165, 1.54) is 22.3 Å². The molecular formula is C14H13N7O2S. The maximum atomic E-state index is 12.3. The van der Waals surface area contributed by atoms with Gasteiger partial charge in [-0.05, 0) is 35.0 Å². The SMILES string of the molecule is Cc1c(NC(=O)Cn2cnnn2)cccc1C(=O)Nc1nccs1. The maximum absolute atomic E-state index is 12.3. The van der Waals surface area contributed by atoms with Gasteiger partial charge in [0.05, 0.1) is 0 Å². The molecule has 0 aliphatic rings. The van der Waals surface area contributed by atoms with Crippen molar-refractivity contribution in [3.05, 3.63) is 47.2 Å². The van der Waals surface area contributed by atoms with Crippen LogP contribution in [0.25, 0.3) is 0 Å². The van der Waals surface area contributed by atoms with E-state index in [4.69, 9.17) is 0 Å². The molecule has 1 aromatic carbocycles. The second kappa shape index (κ2) is 6.96. The van der Waals surface area contributed by atoms with Crippen LogP contribution in [0.15, 0.2) is 36.1 Å². The van der Waals surface area contributed by atoms with Crippen molar-refractivity contribution < 1.29 is 9.59 Å². The van der Waals surface area contributed by atoms with Gasteiger partial charge in [-0.3, -0.25) is 14.9 Å². The number of anilines is 2. The number of hydrogen-bond donors (Lipinski definition) is 2. The van der Waals surface area contributed by atoms with Crippen molar-refractivity contribution in [2.75, 3.05) is 10.6 Å². The van der Waals surface area contributed by atoms with E-state index in [1.807, 2.05) is 0 Å². The quantitative estimate of drug-likeness (QED) is 0.722. The number of nitrogens with one attached hydrogen (secondary N) is 2. The summed E-state index contributed by atoms with van der Waals surface area (Å²) in [5.74, 6) is -0.568. The smallest absolute Gasteiger partial charge is 0.257 e. The highest BCUT2D eigenvalue weighted by atomic mass is 32.1. The van der Waals surface area contributed by atoms with Crippen molar-refractivity contribution in [2.24, 2.45) is 0 Å². The molecule has 0 atom stereocenters. The van der Waals surface area contributed by atoms with Gasteiger partial charge in [0, 0.05) is 22.8 Å². The molecule has 0 bridgehead atoms. The number of amides is 2. The summed E-state index contributed by atoms with van der Waals surface area (Å²) in [6.45, 7) is 1.76. The Hall–Kier alpha value is -3.14. The van der Waals surface area contributed by atoms with Crippen molar-refractivity contribution in [3.63, 3.8) is 0 Å². The molecule has 10 heteroatoms. The van der Waals surface area contributed by atoms with Gasteiger partial charge < -0.3 is 5.32 Å². The average Bonchev–Trinajstić information content (AvgIpc) is 3.23. The molecule has 122 valence electrons. The van der Waals surface area contributed by atoms with Gasteiger partial charge in [0.2, 0.25) is 5.91 Å². The Kier molecular flexibility index (Phi) is 4.57. The molecule has 3 aromatic rings. The molecule has 0 radical (unpaired) electrons. The fourth-order valence-electron chi connectivity index (χ4n) is 2.06. The third-order valence-electron chi connectivity index (χ3n) is 3.20. The first-order valence-electron chi connectivity index (χ1n) is 6.94. The van der Waals surface area contributed by atoms with Crippen molar-refractivity contribution in [1.82, 2.24) is 25.2 Å². The van der Waals surface area contributed by atoms with Crippen LogP contribution in [0.2, 0.25) is 0 Å². The Morgan fingerprint density at radius 3 is 2.88 bits per heavy atom. The molecule has 0 aliphatic carbocycles. The number of thiazole rings is 1. The Balaban J connectivity index is 1.73. The molecule has 0 spiro atoms. The topological polar surface area (TPSA) is 115 Å². The Bertz CT molecular complexity index is 846. The third-order valence-corrected chi connectivity index (χ3v) is 3.89. The second-order valence-electron chi connectivity index (χ2n) is 4.83. The zero-order chi connectivity index (χ0) is 16.9. The van der Waals surface area contributed by atoms with Gasteiger partial charge in [0.25, 0.3) is 5.91 Å². The van der Waals surface area contributed by atoms with E-state index >= 15 is 0 Å². The summed E-state index contributed by atoms with van der Waals surface area (Å²) in [4.78, 5) is 28.4. The van der Waals surface area contributed by atoms with E-state index in [0.29, 0.717) is 21.9 Å². The number of benzene rings is 1. The monoisotopic (exact) mass is 343 g/mol. The van der Waals surface area contributed by atoms with Crippen LogP contribution in [0.1, 0.15) is 15.9 Å². The number of carbonyl (C=O) groups excluding carboxylic acids is 2. The number of nitrogens with zero attached hydrogens (tertiary/aromatic N) is 5. The number of aromatic nitrogens is 5. The zero-order valence-corrected chi connectivity index (χ0v) is 13.4. The van der Waals surface area contributed by atoms with E-state index in [0.717, 1.165) is 0 Å². The minimum Gasteiger partial charge on any atom is -0.324 e. The number of tetrazole rings is 1. The minimum atomic E-state index is -0.289. The third kappa shape index (κ3) is 3.60. The number of carbonyl (C=O) groups is 2. The van der Waals surface area contributed by atoms with Gasteiger partial charge in [0.15, 0.2) is 5.13 Å². The summed E-state index contributed by atoms with van der Waals surface area (Å²) in [5, 5.41) is 18.3. The van der Waals surface area contributed by atoms with Crippen LogP contribution in [-0.4, -0.2) is 37.0 Å². The maximum Gasteiger partial charge on any atom is 0.257 e. The van der Waals surface area contributed by atoms with Crippen molar-refractivity contribution in [1.29, 1.82) is 0 Å². The molecule has 0 saturated carbocycles. The number of rotatable bonds is 5. The molecule has 2 amide bonds. The lowest BCUT2D eigenvalue weighted by Crippen LogP contribution is -2.21. The van der Waals surface area contributed by atoms with E-state index in [1.54, 1.807) is 36.7 Å². The molecule has 0 fully saturated rings. The lowest BCUT2D eigenvalue weighted by molar-refractivity contribution is -0.116. The van der Waals surface area contributed by atoms with Crippen molar-refractivity contribution in [3.8, 4) is 0 Å². The summed E-state index contributed by atoms with van der Waals surface area (Å²) < 4.78 is 1.31. The standard InChI is InChI=1S/C14H13N7O2S/c1-9-10(13(23)18-14-15-5-6-24-14)3-2-4-11(9)17-12(22)7-21-8-16-19-20-21/h2-6,8H,7H2,1H3,(H,17,22)(H,15,18,23). The van der Waals surface area contributed by atoms with Crippen LogP contribution in [0.5, 0.6) is 0 Å². The largest absolute Gasteiger partial charge is 0.324 e. The normalized spacial score (nSPS) is 10.4. The lowest BCUT2D eigenvalue weighted by atomic mass is 10.1. The lowest BCUT2D eigenvalue weighted by Gasteiger charge is -2.12. The highest BCUT2D eigenvalue weighted by molar-refractivity contribution is 7.13. The van der Waals surface area contributed by atoms with Gasteiger partial charge in [-0.15, -0.1) is 16.4 Å². The Morgan fingerprint density at radius 2 is 2.17 bits per heavy atom. The molecule has 9 nitrogen and oxygen atoms in total. The van der Waals surface area contributed by atoms with E-state index in [2.05, 4.69) is 31.1 Å². The first kappa shape index (κ1) is 15.7. The van der Waals surface area contributed by atoms with Crippen molar-refractivity contribution >= 4 is 34.0 Å². The predicted octanol–water partition coefficient (Wildman–Crippen LogP) is 1.33. The average molecular weight is 343 g/mol. The molecule has 2 heterocycles. The summed E-state index contributed by atoms with van der Waals surface area (Å²) in [7, 11) is 0. The van der Waals surface area contributed by atoms with Crippen LogP contribution in [0.3, 0.4) is 0 Å². The minimum absolute atomic E-state index is 0.0119. The molecule has 24 heavy (non-hydrogen) atoms. The fraction of sp³-hybridized carbons (Fsp3) is 0.143. The summed E-state index contributed by atoms with van der Waals surface area (Å²) in [5.41, 5.74) is 1.68. The fourth-order valence-corrected chi connectivity index (χ4v) is 2.58. The predicted molar refractivity (Wildman–Crippen MR) is 87.7 cm³/mol. The zero-order valence-electron chi connectivity index (χ0n) is 12.6. The first-order valence-corrected chi connectivity index (χ1v) is 7.82. The highest BCUT2D eigenvalue weighted by Gasteiger charge is 2.14. The first-order chi connectivity index (χ1) is 11.6. The van der Waals surface area contributed by atoms with Crippen molar-refractivity contribution in [2.45, 2.75) is 13.5 Å². The van der Waals surface area contributed by atoms with Crippen LogP contribution < -0.4 is 10.6 Å². The second-order valence-corrected chi connectivity index (χ2v) is 5.72. The van der Waals surface area contributed by atoms with Crippen LogP contribution in [0.4, 0.5) is 10.8 Å². The molecule has 3 rings (SSSR count). The van der Waals surface area contributed by atoms with Gasteiger partial charge in [-0.1, -0.05) is 6.07 Å². The summed E-state index contributed by atoms with van der Waals surface area (Å²) in [6, 6.07) is 5.12. The van der Waals surface area contributed by atoms with Crippen LogP contribution in [0, 0.1) is 6.92 Å². The van der Waals surface area contributed by atoms with E-state index in [9.17, 15) is 9.59 Å². The van der Waals surface area contributed by atoms with Crippen LogP contribution >= 0.6 is 11.3 Å². The summed E-state index contributed by atoms with van der Waals surface area (Å²) >= 11 is 1.33. The molecule has 2 aromatic heterocycles. The molecular weight excluding hydrogens is 330 g/mol. The molecule has 0 unspecified atom stereocenters. The summed E-state index contributed by atoms with van der Waals surface area (Å²) in [6.07, 6.45) is 2.97. The van der Waals surface area contributed by atoms with Gasteiger partial charge in [-0.25, -0.2) is 9.67 Å². The van der Waals surface area contributed by atoms with E-state index < -0.39 is 0 Å². The molecule has 0 aliphatic heterocycles. The van der Waals surface area contributed by atoms with Crippen LogP contribution in [-0.2, 0) is 11.3 Å². The van der Waals surface area contributed by atoms with E-state index in [-0.39, 0.29) is 18.4 Å². The van der Waals surface area contributed by atoms with Gasteiger partial charge in [-0.2, -0.15) is 0 Å². The number of hydrogen-bond acceptors (Lipinski definition) is 7. The molecule has 2 N–H and O–H groups in total. The Morgan fingerprint density at radius 1 is 1.29 bits per heavy atom. The van der Waals surface area contributed by atoms with Gasteiger partial charge in [0.1, 0.15) is 12.9 Å².